The monoisotopic (exact) mass is 734 g/mol. The van der Waals surface area contributed by atoms with E-state index in [0.717, 1.165) is 70.6 Å². The second kappa shape index (κ2) is 35.6. The molecule has 0 aliphatic heterocycles. The Labute approximate surface area is 319 Å². The first kappa shape index (κ1) is 49.6. The summed E-state index contributed by atoms with van der Waals surface area (Å²) in [6, 6.07) is -0.727. The number of aliphatic carboxylic acids is 1. The van der Waals surface area contributed by atoms with E-state index in [1.807, 2.05) is 0 Å². The van der Waals surface area contributed by atoms with Crippen molar-refractivity contribution in [1.82, 2.24) is 0 Å². The van der Waals surface area contributed by atoms with Gasteiger partial charge < -0.3 is 28.6 Å². The van der Waals surface area contributed by atoms with E-state index in [1.54, 1.807) is 21.1 Å². The third-order valence-electron chi connectivity index (χ3n) is 9.29. The van der Waals surface area contributed by atoms with E-state index in [2.05, 4.69) is 50.3 Å². The third kappa shape index (κ3) is 33.4. The lowest BCUT2D eigenvalue weighted by molar-refractivity contribution is -0.889. The topological polar surface area (TPSA) is 102 Å². The highest BCUT2D eigenvalue weighted by molar-refractivity contribution is 5.70. The van der Waals surface area contributed by atoms with Crippen LogP contribution in [-0.4, -0.2) is 75.5 Å². The molecule has 52 heavy (non-hydrogen) atoms. The molecule has 0 aromatic carbocycles. The average molecular weight is 734 g/mol. The Morgan fingerprint density at radius 3 is 1.60 bits per heavy atom. The molecule has 0 rings (SSSR count). The SMILES string of the molecule is CC/C=C/C/C=C/C/C=C/CCCCCCC(=O)OCC(COCCC(C(=O)[O-])[N+](C)(C)C)OC(=O)CCCCCCCCCCCCCCCC. The maximum Gasteiger partial charge on any atom is 0.306 e. The molecule has 0 fully saturated rings. The summed E-state index contributed by atoms with van der Waals surface area (Å²) in [4.78, 5) is 36.8. The van der Waals surface area contributed by atoms with Gasteiger partial charge in [0.1, 0.15) is 12.6 Å². The van der Waals surface area contributed by atoms with Crippen molar-refractivity contribution in [3.8, 4) is 0 Å². The molecule has 8 heteroatoms. The van der Waals surface area contributed by atoms with Gasteiger partial charge in [0.05, 0.1) is 40.3 Å². The van der Waals surface area contributed by atoms with Crippen LogP contribution in [0.4, 0.5) is 0 Å². The number of quaternary nitrogens is 1. The number of carbonyl (C=O) groups excluding carboxylic acids is 3. The minimum absolute atomic E-state index is 0.0356. The first-order chi connectivity index (χ1) is 25.1. The predicted octanol–water partition coefficient (Wildman–Crippen LogP) is 9.74. The largest absolute Gasteiger partial charge is 0.544 e. The number of rotatable bonds is 37. The summed E-state index contributed by atoms with van der Waals surface area (Å²) in [5.74, 6) is -1.76. The summed E-state index contributed by atoms with van der Waals surface area (Å²) in [6.07, 6.45) is 38.8. The van der Waals surface area contributed by atoms with Gasteiger partial charge in [-0.25, -0.2) is 0 Å². The molecule has 0 bridgehead atoms. The van der Waals surface area contributed by atoms with E-state index in [4.69, 9.17) is 14.2 Å². The molecule has 2 unspecified atom stereocenters. The number of carboxylic acids is 1. The number of hydrogen-bond acceptors (Lipinski definition) is 7. The van der Waals surface area contributed by atoms with Crippen LogP contribution in [0.5, 0.6) is 0 Å². The number of allylic oxidation sites excluding steroid dienone is 6. The Balaban J connectivity index is 4.40. The molecule has 0 aliphatic rings. The van der Waals surface area contributed by atoms with Crippen LogP contribution in [0, 0.1) is 0 Å². The number of unbranched alkanes of at least 4 members (excludes halogenated alkanes) is 17. The van der Waals surface area contributed by atoms with Crippen molar-refractivity contribution in [1.29, 1.82) is 0 Å². The number of ether oxygens (including phenoxy) is 3. The zero-order chi connectivity index (χ0) is 38.5. The molecule has 0 aliphatic carbocycles. The van der Waals surface area contributed by atoms with Crippen LogP contribution >= 0.6 is 0 Å². The molecule has 0 aromatic rings. The van der Waals surface area contributed by atoms with E-state index >= 15 is 0 Å². The van der Waals surface area contributed by atoms with E-state index in [0.29, 0.717) is 12.8 Å². The van der Waals surface area contributed by atoms with Crippen molar-refractivity contribution in [3.63, 3.8) is 0 Å². The van der Waals surface area contributed by atoms with Crippen LogP contribution in [0.3, 0.4) is 0 Å². The van der Waals surface area contributed by atoms with Crippen molar-refractivity contribution < 1.29 is 38.2 Å². The molecule has 0 N–H and O–H groups in total. The Kier molecular flexibility index (Phi) is 33.9. The summed E-state index contributed by atoms with van der Waals surface area (Å²) in [6.45, 7) is 4.52. The fraction of sp³-hybridized carbons (Fsp3) is 0.795. The van der Waals surface area contributed by atoms with E-state index < -0.39 is 18.1 Å². The predicted molar refractivity (Wildman–Crippen MR) is 213 cm³/mol. The molecular formula is C44H79NO7. The molecule has 0 radical (unpaired) electrons. The molecule has 8 nitrogen and oxygen atoms in total. The normalized spacial score (nSPS) is 13.3. The van der Waals surface area contributed by atoms with Crippen LogP contribution in [-0.2, 0) is 28.6 Å². The Morgan fingerprint density at radius 2 is 1.08 bits per heavy atom. The summed E-state index contributed by atoms with van der Waals surface area (Å²) in [5.41, 5.74) is 0. The number of carboxylic acid groups (broad SMARTS) is 1. The molecule has 0 saturated heterocycles. The Morgan fingerprint density at radius 1 is 0.596 bits per heavy atom. The van der Waals surface area contributed by atoms with Gasteiger partial charge in [-0.15, -0.1) is 0 Å². The number of likely N-dealkylation sites (N-methyl/N-ethyl adjacent to an activating group) is 1. The van der Waals surface area contributed by atoms with E-state index in [1.165, 1.54) is 70.6 Å². The van der Waals surface area contributed by atoms with Gasteiger partial charge in [0.15, 0.2) is 6.10 Å². The lowest BCUT2D eigenvalue weighted by Gasteiger charge is -2.34. The number of carbonyl (C=O) groups is 3. The standard InChI is InChI=1S/C44H79NO7/c1-6-8-10-12-14-16-18-20-22-24-26-28-30-32-34-42(46)51-39-40(38-50-37-36-41(44(48)49)45(3,4)5)52-43(47)35-33-31-29-27-25-23-21-19-17-15-13-11-9-7-2/h8,10,14,16,20,22,40-41H,6-7,9,11-13,15,17-19,21,23-39H2,1-5H3/b10-8+,16-14+,22-20+. The molecule has 0 amide bonds. The number of nitrogens with zero attached hydrogens (tertiary/aromatic N) is 1. The van der Waals surface area contributed by atoms with Crippen molar-refractivity contribution in [3.05, 3.63) is 36.5 Å². The smallest absolute Gasteiger partial charge is 0.306 e. The molecular weight excluding hydrogens is 654 g/mol. The fourth-order valence-corrected chi connectivity index (χ4v) is 6.03. The van der Waals surface area contributed by atoms with Gasteiger partial charge in [0.25, 0.3) is 0 Å². The van der Waals surface area contributed by atoms with E-state index in [9.17, 15) is 19.5 Å². The highest BCUT2D eigenvalue weighted by atomic mass is 16.6. The van der Waals surface area contributed by atoms with Crippen LogP contribution in [0.2, 0.25) is 0 Å². The van der Waals surface area contributed by atoms with Crippen LogP contribution in [0.25, 0.3) is 0 Å². The van der Waals surface area contributed by atoms with Crippen molar-refractivity contribution in [2.75, 3.05) is 41.0 Å². The first-order valence-corrected chi connectivity index (χ1v) is 21.0. The van der Waals surface area contributed by atoms with Gasteiger partial charge in [-0.1, -0.05) is 147 Å². The van der Waals surface area contributed by atoms with Crippen LogP contribution < -0.4 is 5.11 Å². The van der Waals surface area contributed by atoms with E-state index in [-0.39, 0.29) is 42.7 Å². The average Bonchev–Trinajstić information content (AvgIpc) is 3.09. The summed E-state index contributed by atoms with van der Waals surface area (Å²) >= 11 is 0. The quantitative estimate of drug-likeness (QED) is 0.0271. The van der Waals surface area contributed by atoms with Crippen LogP contribution in [0.1, 0.15) is 174 Å². The van der Waals surface area contributed by atoms with Crippen molar-refractivity contribution in [2.24, 2.45) is 0 Å². The van der Waals surface area contributed by atoms with Gasteiger partial charge in [-0.2, -0.15) is 0 Å². The first-order valence-electron chi connectivity index (χ1n) is 21.0. The lowest BCUT2D eigenvalue weighted by atomic mass is 10.0. The minimum atomic E-state index is -1.13. The fourth-order valence-electron chi connectivity index (χ4n) is 6.03. The number of hydrogen-bond donors (Lipinski definition) is 0. The van der Waals surface area contributed by atoms with Crippen LogP contribution in [0.15, 0.2) is 36.5 Å². The lowest BCUT2D eigenvalue weighted by Crippen LogP contribution is -2.55. The van der Waals surface area contributed by atoms with Gasteiger partial charge in [0.2, 0.25) is 0 Å². The second-order valence-corrected chi connectivity index (χ2v) is 15.2. The molecule has 302 valence electrons. The summed E-state index contributed by atoms with van der Waals surface area (Å²) in [7, 11) is 5.40. The third-order valence-corrected chi connectivity index (χ3v) is 9.29. The molecule has 2 atom stereocenters. The van der Waals surface area contributed by atoms with Gasteiger partial charge in [0, 0.05) is 19.3 Å². The highest BCUT2D eigenvalue weighted by Gasteiger charge is 2.25. The zero-order valence-electron chi connectivity index (χ0n) is 34.2. The van der Waals surface area contributed by atoms with Crippen molar-refractivity contribution >= 4 is 17.9 Å². The second-order valence-electron chi connectivity index (χ2n) is 15.2. The molecule has 0 spiro atoms. The maximum atomic E-state index is 12.7. The maximum absolute atomic E-state index is 12.7. The van der Waals surface area contributed by atoms with Gasteiger partial charge in [-0.3, -0.25) is 9.59 Å². The van der Waals surface area contributed by atoms with Gasteiger partial charge >= 0.3 is 11.9 Å². The Bertz CT molecular complexity index is 953. The molecule has 0 saturated carbocycles. The van der Waals surface area contributed by atoms with Gasteiger partial charge in [-0.05, 0) is 44.9 Å². The minimum Gasteiger partial charge on any atom is -0.544 e. The highest BCUT2D eigenvalue weighted by Crippen LogP contribution is 2.15. The van der Waals surface area contributed by atoms with Crippen molar-refractivity contribution in [2.45, 2.75) is 187 Å². The zero-order valence-corrected chi connectivity index (χ0v) is 34.2. The number of esters is 2. The molecule has 0 aromatic heterocycles. The summed E-state index contributed by atoms with van der Waals surface area (Å²) < 4.78 is 17.1. The molecule has 0 heterocycles. The summed E-state index contributed by atoms with van der Waals surface area (Å²) in [5, 5.41) is 11.6. The Hall–Kier alpha value is -2.45.